The van der Waals surface area contributed by atoms with Crippen LogP contribution in [0.1, 0.15) is 23.3 Å². The Morgan fingerprint density at radius 3 is 2.94 bits per heavy atom. The maximum atomic E-state index is 13.5. The first-order chi connectivity index (χ1) is 16.4. The first-order valence-electron chi connectivity index (χ1n) is 10.8. The van der Waals surface area contributed by atoms with Crippen LogP contribution in [-0.2, 0) is 17.8 Å². The molecule has 1 fully saturated rings. The molecule has 1 saturated heterocycles. The van der Waals surface area contributed by atoms with E-state index in [1.54, 1.807) is 17.0 Å². The molecule has 2 amide bonds. The van der Waals surface area contributed by atoms with Gasteiger partial charge in [-0.3, -0.25) is 4.79 Å². The minimum atomic E-state index is -0.957. The predicted octanol–water partition coefficient (Wildman–Crippen LogP) is 4.81. The zero-order valence-corrected chi connectivity index (χ0v) is 19.6. The van der Waals surface area contributed by atoms with Gasteiger partial charge in [-0.25, -0.2) is 19.2 Å². The lowest BCUT2D eigenvalue weighted by atomic mass is 10.0. The van der Waals surface area contributed by atoms with Crippen molar-refractivity contribution in [3.63, 3.8) is 0 Å². The number of aromatic nitrogens is 2. The van der Waals surface area contributed by atoms with Gasteiger partial charge in [0.2, 0.25) is 5.91 Å². The van der Waals surface area contributed by atoms with Gasteiger partial charge in [-0.05, 0) is 43.0 Å². The first-order valence-corrected chi connectivity index (χ1v) is 12.0. The molecule has 0 saturated carbocycles. The highest BCUT2D eigenvalue weighted by molar-refractivity contribution is 7.19. The molecule has 0 aliphatic carbocycles. The second-order valence-corrected chi connectivity index (χ2v) is 9.71. The van der Waals surface area contributed by atoms with E-state index in [0.717, 1.165) is 33.5 Å². The van der Waals surface area contributed by atoms with Crippen LogP contribution in [0.3, 0.4) is 0 Å². The van der Waals surface area contributed by atoms with E-state index in [4.69, 9.17) is 11.6 Å². The third-order valence-corrected chi connectivity index (χ3v) is 7.55. The number of carbonyl (C=O) groups is 2. The van der Waals surface area contributed by atoms with Crippen molar-refractivity contribution in [3.05, 3.63) is 58.0 Å². The highest BCUT2D eigenvalue weighted by Crippen LogP contribution is 2.38. The largest absolute Gasteiger partial charge is 0.465 e. The number of anilines is 2. The number of carboxylic acid groups (broad SMARTS) is 1. The second-order valence-electron chi connectivity index (χ2n) is 8.21. The van der Waals surface area contributed by atoms with E-state index in [1.807, 2.05) is 0 Å². The maximum absolute atomic E-state index is 13.5. The van der Waals surface area contributed by atoms with Gasteiger partial charge in [-0.15, -0.1) is 11.3 Å². The summed E-state index contributed by atoms with van der Waals surface area (Å²) in [6, 6.07) is 4.14. The normalized spacial score (nSPS) is 18.0. The van der Waals surface area contributed by atoms with Gasteiger partial charge >= 0.3 is 6.09 Å². The Morgan fingerprint density at radius 2 is 2.15 bits per heavy atom. The van der Waals surface area contributed by atoms with Crippen LogP contribution in [-0.4, -0.2) is 56.0 Å². The minimum Gasteiger partial charge on any atom is -0.465 e. The summed E-state index contributed by atoms with van der Waals surface area (Å²) in [5, 5.41) is 13.4. The van der Waals surface area contributed by atoms with E-state index in [2.05, 4.69) is 15.3 Å². The van der Waals surface area contributed by atoms with Gasteiger partial charge in [-0.1, -0.05) is 17.7 Å². The van der Waals surface area contributed by atoms with E-state index in [1.165, 1.54) is 40.8 Å². The second kappa shape index (κ2) is 9.19. The number of amides is 2. The van der Waals surface area contributed by atoms with Gasteiger partial charge < -0.3 is 20.2 Å². The van der Waals surface area contributed by atoms with E-state index in [9.17, 15) is 19.1 Å². The number of hydrogen-bond donors (Lipinski definition) is 2. The number of likely N-dealkylation sites (tertiary alicyclic amines) is 1. The molecule has 0 unspecified atom stereocenters. The predicted molar refractivity (Wildman–Crippen MR) is 128 cm³/mol. The Bertz CT molecular complexity index is 1310. The molecule has 3 aromatic rings. The number of halogens is 2. The third-order valence-electron chi connectivity index (χ3n) is 6.14. The number of fused-ring (bicyclic) bond motifs is 3. The zero-order valence-electron chi connectivity index (χ0n) is 18.0. The Morgan fingerprint density at radius 1 is 1.29 bits per heavy atom. The quantitative estimate of drug-likeness (QED) is 0.498. The number of nitrogens with one attached hydrogen (secondary N) is 1. The summed E-state index contributed by atoms with van der Waals surface area (Å²) in [5.41, 5.74) is 1.71. The molecule has 2 aromatic heterocycles. The lowest BCUT2D eigenvalue weighted by Gasteiger charge is -2.26. The molecule has 1 atom stereocenters. The molecule has 176 valence electrons. The van der Waals surface area contributed by atoms with Crippen molar-refractivity contribution < 1.29 is 19.1 Å². The maximum Gasteiger partial charge on any atom is 0.407 e. The van der Waals surface area contributed by atoms with Crippen LogP contribution in [0.5, 0.6) is 0 Å². The number of rotatable bonds is 4. The fourth-order valence-corrected chi connectivity index (χ4v) is 5.83. The van der Waals surface area contributed by atoms with Crippen molar-refractivity contribution in [1.82, 2.24) is 19.8 Å². The van der Waals surface area contributed by atoms with Gasteiger partial charge in [-0.2, -0.15) is 0 Å². The minimum absolute atomic E-state index is 0.0222. The number of nitrogens with zero attached hydrogens (tertiary/aromatic N) is 4. The fraction of sp³-hybridized carbons (Fsp3) is 0.304. The summed E-state index contributed by atoms with van der Waals surface area (Å²) in [4.78, 5) is 37.9. The van der Waals surface area contributed by atoms with Gasteiger partial charge in [0, 0.05) is 29.7 Å². The summed E-state index contributed by atoms with van der Waals surface area (Å²) < 4.78 is 13.5. The molecule has 5 rings (SSSR count). The molecule has 1 aromatic carbocycles. The SMILES string of the molecule is O=C(C=C[C@@H]1CCCN1C(=O)O)N1CCc2c(sc3ncnc(Nc4ccc(F)c(Cl)c4)c23)C1. The van der Waals surface area contributed by atoms with Crippen LogP contribution in [0.4, 0.5) is 20.7 Å². The monoisotopic (exact) mass is 501 g/mol. The van der Waals surface area contributed by atoms with Crippen molar-refractivity contribution >= 4 is 56.7 Å². The molecule has 0 spiro atoms. The molecular weight excluding hydrogens is 481 g/mol. The Hall–Kier alpha value is -3.24. The molecular formula is C23H21ClFN5O3S. The van der Waals surface area contributed by atoms with Crippen molar-refractivity contribution in [2.45, 2.75) is 31.8 Å². The van der Waals surface area contributed by atoms with E-state index in [-0.39, 0.29) is 17.0 Å². The van der Waals surface area contributed by atoms with Crippen LogP contribution >= 0.6 is 22.9 Å². The van der Waals surface area contributed by atoms with Gasteiger partial charge in [0.25, 0.3) is 0 Å². The van der Waals surface area contributed by atoms with Crippen molar-refractivity contribution in [3.8, 4) is 0 Å². The molecule has 0 radical (unpaired) electrons. The van der Waals surface area contributed by atoms with E-state index in [0.29, 0.717) is 37.6 Å². The summed E-state index contributed by atoms with van der Waals surface area (Å²) in [6.07, 6.45) is 5.88. The van der Waals surface area contributed by atoms with Crippen LogP contribution in [0.25, 0.3) is 10.2 Å². The van der Waals surface area contributed by atoms with Crippen molar-refractivity contribution in [2.75, 3.05) is 18.4 Å². The van der Waals surface area contributed by atoms with Gasteiger partial charge in [0.05, 0.1) is 23.0 Å². The number of benzene rings is 1. The van der Waals surface area contributed by atoms with Crippen molar-refractivity contribution in [2.24, 2.45) is 0 Å². The summed E-state index contributed by atoms with van der Waals surface area (Å²) in [5.74, 6) is -0.0130. The molecule has 11 heteroatoms. The molecule has 34 heavy (non-hydrogen) atoms. The van der Waals surface area contributed by atoms with Crippen LogP contribution in [0.2, 0.25) is 5.02 Å². The fourth-order valence-electron chi connectivity index (χ4n) is 4.45. The first kappa shape index (κ1) is 22.5. The molecule has 8 nitrogen and oxygen atoms in total. The summed E-state index contributed by atoms with van der Waals surface area (Å²) >= 11 is 7.43. The Labute approximate surface area is 203 Å². The summed E-state index contributed by atoms with van der Waals surface area (Å²) in [6.45, 7) is 1.48. The summed E-state index contributed by atoms with van der Waals surface area (Å²) in [7, 11) is 0. The van der Waals surface area contributed by atoms with Crippen LogP contribution in [0, 0.1) is 5.82 Å². The molecule has 2 N–H and O–H groups in total. The lowest BCUT2D eigenvalue weighted by molar-refractivity contribution is -0.126. The third kappa shape index (κ3) is 4.30. The van der Waals surface area contributed by atoms with Gasteiger partial charge in [0.15, 0.2) is 0 Å². The smallest absolute Gasteiger partial charge is 0.407 e. The molecule has 2 aliphatic heterocycles. The van der Waals surface area contributed by atoms with Gasteiger partial charge in [0.1, 0.15) is 22.8 Å². The number of hydrogen-bond acceptors (Lipinski definition) is 6. The van der Waals surface area contributed by atoms with Crippen molar-refractivity contribution in [1.29, 1.82) is 0 Å². The number of carbonyl (C=O) groups excluding carboxylic acids is 1. The Balaban J connectivity index is 1.35. The average molecular weight is 502 g/mol. The zero-order chi connectivity index (χ0) is 23.8. The molecule has 0 bridgehead atoms. The standard InChI is InChI=1S/C23H21ClFN5O3S/c24-16-10-13(3-5-17(16)25)28-21-20-15-7-9-29(11-18(15)34-22(20)27-12-26-21)19(31)6-4-14-2-1-8-30(14)23(32)33/h3-6,10,12,14H,1-2,7-9,11H2,(H,32,33)(H,26,27,28)/t14-/m0/s1. The highest BCUT2D eigenvalue weighted by atomic mass is 35.5. The Kier molecular flexibility index (Phi) is 6.09. The van der Waals surface area contributed by atoms with Crippen LogP contribution < -0.4 is 5.32 Å². The lowest BCUT2D eigenvalue weighted by Crippen LogP contribution is -2.35. The van der Waals surface area contributed by atoms with Crippen LogP contribution in [0.15, 0.2) is 36.7 Å². The van der Waals surface area contributed by atoms with E-state index < -0.39 is 11.9 Å². The highest BCUT2D eigenvalue weighted by Gasteiger charge is 2.28. The van der Waals surface area contributed by atoms with E-state index >= 15 is 0 Å². The average Bonchev–Trinajstić information content (AvgIpc) is 3.44. The molecule has 4 heterocycles. The molecule has 2 aliphatic rings. The topological polar surface area (TPSA) is 98.7 Å². The number of thiophene rings is 1.